The van der Waals surface area contributed by atoms with Crippen LogP contribution < -0.4 is 5.32 Å². The average Bonchev–Trinajstić information content (AvgIpc) is 2.47. The summed E-state index contributed by atoms with van der Waals surface area (Å²) in [6, 6.07) is 0.107. The van der Waals surface area contributed by atoms with Crippen LogP contribution in [0.1, 0.15) is 32.6 Å². The predicted octanol–water partition coefficient (Wildman–Crippen LogP) is 1.28. The molecule has 1 saturated heterocycles. The van der Waals surface area contributed by atoms with E-state index in [0.29, 0.717) is 32.1 Å². The van der Waals surface area contributed by atoms with Crippen LogP contribution in [0.15, 0.2) is 0 Å². The minimum atomic E-state index is 0.107. The van der Waals surface area contributed by atoms with Crippen molar-refractivity contribution in [1.29, 1.82) is 0 Å². The number of methoxy groups -OCH3 is 2. The summed E-state index contributed by atoms with van der Waals surface area (Å²) in [4.78, 5) is 14.3. The van der Waals surface area contributed by atoms with Crippen molar-refractivity contribution in [3.8, 4) is 0 Å². The van der Waals surface area contributed by atoms with Crippen LogP contribution in [-0.2, 0) is 14.3 Å². The number of ether oxygens (including phenoxy) is 2. The summed E-state index contributed by atoms with van der Waals surface area (Å²) in [5, 5.41) is 3.36. The first-order chi connectivity index (χ1) is 9.69. The third kappa shape index (κ3) is 6.20. The van der Waals surface area contributed by atoms with Gasteiger partial charge in [0.15, 0.2) is 0 Å². The standard InChI is InChI=1S/C15H30N2O3/c1-13(12-20-3)17(10-11-19-2)15(18)5-4-14-6-8-16-9-7-14/h13-14,16H,4-12H2,1-3H3. The molecule has 20 heavy (non-hydrogen) atoms. The number of hydrogen-bond acceptors (Lipinski definition) is 4. The second-order valence-corrected chi connectivity index (χ2v) is 5.62. The van der Waals surface area contributed by atoms with Crippen LogP contribution in [0.2, 0.25) is 0 Å². The van der Waals surface area contributed by atoms with Crippen molar-refractivity contribution < 1.29 is 14.3 Å². The largest absolute Gasteiger partial charge is 0.383 e. The molecule has 1 fully saturated rings. The number of rotatable bonds is 9. The van der Waals surface area contributed by atoms with Gasteiger partial charge in [-0.25, -0.2) is 0 Å². The van der Waals surface area contributed by atoms with Gasteiger partial charge in [-0.15, -0.1) is 0 Å². The van der Waals surface area contributed by atoms with Gasteiger partial charge >= 0.3 is 0 Å². The van der Waals surface area contributed by atoms with Crippen LogP contribution in [0.25, 0.3) is 0 Å². The van der Waals surface area contributed by atoms with Crippen LogP contribution in [0, 0.1) is 5.92 Å². The Bertz CT molecular complexity index is 268. The number of carbonyl (C=O) groups excluding carboxylic acids is 1. The van der Waals surface area contributed by atoms with Gasteiger partial charge in [-0.3, -0.25) is 4.79 Å². The molecule has 0 saturated carbocycles. The summed E-state index contributed by atoms with van der Waals surface area (Å²) >= 11 is 0. The lowest BCUT2D eigenvalue weighted by molar-refractivity contribution is -0.135. The fourth-order valence-corrected chi connectivity index (χ4v) is 2.75. The molecule has 1 atom stereocenters. The molecule has 1 unspecified atom stereocenters. The molecule has 0 aliphatic carbocycles. The van der Waals surface area contributed by atoms with E-state index in [-0.39, 0.29) is 11.9 Å². The summed E-state index contributed by atoms with van der Waals surface area (Å²) in [5.74, 6) is 0.923. The molecule has 1 aliphatic heterocycles. The maximum Gasteiger partial charge on any atom is 0.222 e. The zero-order valence-electron chi connectivity index (χ0n) is 13.2. The van der Waals surface area contributed by atoms with Gasteiger partial charge in [0.25, 0.3) is 0 Å². The monoisotopic (exact) mass is 286 g/mol. The van der Waals surface area contributed by atoms with E-state index in [4.69, 9.17) is 9.47 Å². The minimum Gasteiger partial charge on any atom is -0.383 e. The highest BCUT2D eigenvalue weighted by atomic mass is 16.5. The summed E-state index contributed by atoms with van der Waals surface area (Å²) < 4.78 is 10.3. The van der Waals surface area contributed by atoms with E-state index in [1.807, 2.05) is 11.8 Å². The lowest BCUT2D eigenvalue weighted by atomic mass is 9.93. The van der Waals surface area contributed by atoms with Gasteiger partial charge in [-0.2, -0.15) is 0 Å². The fourth-order valence-electron chi connectivity index (χ4n) is 2.75. The first-order valence-electron chi connectivity index (χ1n) is 7.67. The zero-order valence-corrected chi connectivity index (χ0v) is 13.2. The first-order valence-corrected chi connectivity index (χ1v) is 7.67. The van der Waals surface area contributed by atoms with Crippen molar-refractivity contribution in [3.05, 3.63) is 0 Å². The van der Waals surface area contributed by atoms with E-state index >= 15 is 0 Å². The maximum absolute atomic E-state index is 12.4. The third-order valence-corrected chi connectivity index (χ3v) is 4.02. The molecular formula is C15H30N2O3. The highest BCUT2D eigenvalue weighted by molar-refractivity contribution is 5.76. The summed E-state index contributed by atoms with van der Waals surface area (Å²) in [6.07, 6.45) is 4.03. The van der Waals surface area contributed by atoms with Crippen LogP contribution >= 0.6 is 0 Å². The van der Waals surface area contributed by atoms with Gasteiger partial charge in [-0.05, 0) is 45.2 Å². The third-order valence-electron chi connectivity index (χ3n) is 4.02. The molecule has 1 amide bonds. The number of piperidine rings is 1. The Labute approximate surface area is 123 Å². The average molecular weight is 286 g/mol. The molecule has 0 aromatic carbocycles. The lowest BCUT2D eigenvalue weighted by Gasteiger charge is -2.30. The van der Waals surface area contributed by atoms with Gasteiger partial charge in [0.1, 0.15) is 0 Å². The maximum atomic E-state index is 12.4. The molecule has 5 heteroatoms. The Morgan fingerprint density at radius 1 is 1.30 bits per heavy atom. The quantitative estimate of drug-likeness (QED) is 0.693. The van der Waals surface area contributed by atoms with Crippen molar-refractivity contribution >= 4 is 5.91 Å². The van der Waals surface area contributed by atoms with Gasteiger partial charge in [0.2, 0.25) is 5.91 Å². The normalized spacial score (nSPS) is 17.9. The van der Waals surface area contributed by atoms with E-state index in [9.17, 15) is 4.79 Å². The molecule has 1 N–H and O–H groups in total. The zero-order chi connectivity index (χ0) is 14.8. The Morgan fingerprint density at radius 3 is 2.60 bits per heavy atom. The van der Waals surface area contributed by atoms with Gasteiger partial charge < -0.3 is 19.7 Å². The number of nitrogens with one attached hydrogen (secondary N) is 1. The highest BCUT2D eigenvalue weighted by Gasteiger charge is 2.21. The number of carbonyl (C=O) groups is 1. The van der Waals surface area contributed by atoms with Crippen molar-refractivity contribution in [3.63, 3.8) is 0 Å². The second-order valence-electron chi connectivity index (χ2n) is 5.62. The van der Waals surface area contributed by atoms with Crippen LogP contribution in [0.4, 0.5) is 0 Å². The molecular weight excluding hydrogens is 256 g/mol. The molecule has 0 bridgehead atoms. The predicted molar refractivity (Wildman–Crippen MR) is 79.8 cm³/mol. The molecule has 0 radical (unpaired) electrons. The molecule has 118 valence electrons. The van der Waals surface area contributed by atoms with Crippen LogP contribution in [0.5, 0.6) is 0 Å². The molecule has 1 aliphatic rings. The molecule has 5 nitrogen and oxygen atoms in total. The highest BCUT2D eigenvalue weighted by Crippen LogP contribution is 2.18. The minimum absolute atomic E-state index is 0.107. The molecule has 1 rings (SSSR count). The second kappa shape index (κ2) is 10.1. The van der Waals surface area contributed by atoms with Crippen molar-refractivity contribution in [2.45, 2.75) is 38.6 Å². The summed E-state index contributed by atoms with van der Waals surface area (Å²) in [6.45, 7) is 6.00. The SMILES string of the molecule is COCCN(C(=O)CCC1CCNCC1)C(C)COC. The Morgan fingerprint density at radius 2 is 2.00 bits per heavy atom. The lowest BCUT2D eigenvalue weighted by Crippen LogP contribution is -2.43. The van der Waals surface area contributed by atoms with E-state index in [1.165, 1.54) is 12.8 Å². The van der Waals surface area contributed by atoms with Crippen molar-refractivity contribution in [2.75, 3.05) is 47.1 Å². The van der Waals surface area contributed by atoms with E-state index in [2.05, 4.69) is 5.32 Å². The van der Waals surface area contributed by atoms with Gasteiger partial charge in [0.05, 0.1) is 19.3 Å². The van der Waals surface area contributed by atoms with E-state index in [0.717, 1.165) is 19.5 Å². The summed E-state index contributed by atoms with van der Waals surface area (Å²) in [5.41, 5.74) is 0. The van der Waals surface area contributed by atoms with E-state index in [1.54, 1.807) is 14.2 Å². The number of nitrogens with zero attached hydrogens (tertiary/aromatic N) is 1. The smallest absolute Gasteiger partial charge is 0.222 e. The number of amides is 1. The summed E-state index contributed by atoms with van der Waals surface area (Å²) in [7, 11) is 3.34. The van der Waals surface area contributed by atoms with Crippen LogP contribution in [-0.4, -0.2) is 63.9 Å². The fraction of sp³-hybridized carbons (Fsp3) is 0.933. The number of hydrogen-bond donors (Lipinski definition) is 1. The Hall–Kier alpha value is -0.650. The van der Waals surface area contributed by atoms with Crippen molar-refractivity contribution in [1.82, 2.24) is 10.2 Å². The Balaban J connectivity index is 2.40. The Kier molecular flexibility index (Phi) is 8.82. The van der Waals surface area contributed by atoms with Crippen molar-refractivity contribution in [2.24, 2.45) is 5.92 Å². The molecule has 0 aromatic heterocycles. The molecule has 0 spiro atoms. The van der Waals surface area contributed by atoms with Gasteiger partial charge in [-0.1, -0.05) is 0 Å². The van der Waals surface area contributed by atoms with E-state index < -0.39 is 0 Å². The van der Waals surface area contributed by atoms with Gasteiger partial charge in [0, 0.05) is 27.2 Å². The first kappa shape index (κ1) is 17.4. The topological polar surface area (TPSA) is 50.8 Å². The molecule has 0 aromatic rings. The molecule has 1 heterocycles. The van der Waals surface area contributed by atoms with Crippen LogP contribution in [0.3, 0.4) is 0 Å².